The molecule has 2 aromatic carbocycles. The van der Waals surface area contributed by atoms with Gasteiger partial charge in [0.1, 0.15) is 11.6 Å². The van der Waals surface area contributed by atoms with Crippen LogP contribution < -0.4 is 10.1 Å². The number of para-hydroxylation sites is 1. The van der Waals surface area contributed by atoms with Crippen LogP contribution in [0.25, 0.3) is 17.0 Å². The molecule has 38 heavy (non-hydrogen) atoms. The lowest BCUT2D eigenvalue weighted by atomic mass is 10.1. The topological polar surface area (TPSA) is 79.7 Å². The number of nitrogens with one attached hydrogen (secondary N) is 1. The summed E-state index contributed by atoms with van der Waals surface area (Å²) < 4.78 is 7.35. The number of methoxy groups -OCH3 is 1. The zero-order chi connectivity index (χ0) is 26.6. The number of hydrogen-bond acceptors (Lipinski definition) is 5. The smallest absolute Gasteiger partial charge is 0.246 e. The number of pyridine rings is 1. The van der Waals surface area contributed by atoms with Crippen molar-refractivity contribution < 1.29 is 14.3 Å². The van der Waals surface area contributed by atoms with Crippen LogP contribution in [0.4, 0.5) is 5.82 Å². The normalized spacial score (nSPS) is 13.8. The summed E-state index contributed by atoms with van der Waals surface area (Å²) in [5.41, 5.74) is 5.00. The summed E-state index contributed by atoms with van der Waals surface area (Å²) in [4.78, 5) is 33.6. The van der Waals surface area contributed by atoms with Crippen molar-refractivity contribution in [2.75, 3.05) is 26.0 Å². The maximum absolute atomic E-state index is 12.9. The fourth-order valence-corrected chi connectivity index (χ4v) is 4.74. The first-order valence-electron chi connectivity index (χ1n) is 12.5. The Labute approximate surface area is 222 Å². The average Bonchev–Trinajstić information content (AvgIpc) is 3.13. The van der Waals surface area contributed by atoms with Crippen LogP contribution in [0.3, 0.4) is 0 Å². The number of carbonyl (C=O) groups is 2. The Morgan fingerprint density at radius 1 is 1.13 bits per heavy atom. The van der Waals surface area contributed by atoms with E-state index in [-0.39, 0.29) is 18.4 Å². The first-order valence-corrected chi connectivity index (χ1v) is 12.5. The Morgan fingerprint density at radius 2 is 1.92 bits per heavy atom. The van der Waals surface area contributed by atoms with Crippen LogP contribution in [-0.2, 0) is 36.3 Å². The van der Waals surface area contributed by atoms with Gasteiger partial charge in [-0.15, -0.1) is 0 Å². The largest absolute Gasteiger partial charge is 0.497 e. The Hall–Kier alpha value is -4.43. The number of carbonyl (C=O) groups excluding carboxylic acids is 2. The lowest BCUT2D eigenvalue weighted by Gasteiger charge is -2.19. The third-order valence-corrected chi connectivity index (χ3v) is 6.82. The number of nitrogens with zero attached hydrogens (tertiary/aromatic N) is 4. The van der Waals surface area contributed by atoms with Gasteiger partial charge in [0.15, 0.2) is 0 Å². The number of aromatic nitrogens is 2. The third-order valence-electron chi connectivity index (χ3n) is 6.82. The molecule has 194 valence electrons. The number of aryl methyl sites for hydroxylation is 1. The molecule has 1 aliphatic rings. The number of amides is 2. The van der Waals surface area contributed by atoms with E-state index in [0.29, 0.717) is 25.5 Å². The molecule has 3 heterocycles. The highest BCUT2D eigenvalue weighted by atomic mass is 16.5. The number of anilines is 1. The van der Waals surface area contributed by atoms with Gasteiger partial charge in [0, 0.05) is 56.2 Å². The van der Waals surface area contributed by atoms with E-state index in [1.54, 1.807) is 37.4 Å². The molecule has 2 aromatic heterocycles. The van der Waals surface area contributed by atoms with Gasteiger partial charge in [0.25, 0.3) is 0 Å². The molecule has 0 bridgehead atoms. The predicted octanol–water partition coefficient (Wildman–Crippen LogP) is 4.21. The molecular weight excluding hydrogens is 478 g/mol. The number of likely N-dealkylation sites (N-methyl/N-ethyl adjacent to an activating group) is 1. The minimum Gasteiger partial charge on any atom is -0.497 e. The minimum absolute atomic E-state index is 0.0976. The summed E-state index contributed by atoms with van der Waals surface area (Å²) in [5, 5.41) is 4.05. The van der Waals surface area contributed by atoms with Crippen LogP contribution in [0.1, 0.15) is 22.4 Å². The lowest BCUT2D eigenvalue weighted by molar-refractivity contribution is -0.125. The second-order valence-electron chi connectivity index (χ2n) is 9.60. The van der Waals surface area contributed by atoms with Crippen molar-refractivity contribution in [2.24, 2.45) is 7.05 Å². The first-order chi connectivity index (χ1) is 18.4. The summed E-state index contributed by atoms with van der Waals surface area (Å²) in [5.74, 6) is 1.16. The average molecular weight is 510 g/mol. The molecule has 0 atom stereocenters. The van der Waals surface area contributed by atoms with Gasteiger partial charge >= 0.3 is 0 Å². The van der Waals surface area contributed by atoms with Gasteiger partial charge in [0.2, 0.25) is 11.8 Å². The first kappa shape index (κ1) is 25.2. The van der Waals surface area contributed by atoms with Crippen LogP contribution in [0.2, 0.25) is 0 Å². The van der Waals surface area contributed by atoms with Gasteiger partial charge in [-0.3, -0.25) is 14.5 Å². The number of ether oxygens (including phenoxy) is 1. The van der Waals surface area contributed by atoms with Gasteiger partial charge in [-0.2, -0.15) is 0 Å². The van der Waals surface area contributed by atoms with E-state index in [1.165, 1.54) is 0 Å². The van der Waals surface area contributed by atoms with Crippen LogP contribution in [-0.4, -0.2) is 51.9 Å². The standard InChI is InChI=1S/C30H31N5O3/c1-33(19-25-15-23-6-4-5-7-27(23)34(25)2)29(37)13-10-22-14-24-18-35(20-28(36)32-30(24)31-16-22)17-21-8-11-26(38-3)12-9-21/h4-16H,17-20H2,1-3H3,(H,31,32,36). The Morgan fingerprint density at radius 3 is 2.68 bits per heavy atom. The molecule has 0 radical (unpaired) electrons. The van der Waals surface area contributed by atoms with E-state index in [1.807, 2.05) is 49.5 Å². The van der Waals surface area contributed by atoms with Gasteiger partial charge in [-0.25, -0.2) is 4.98 Å². The van der Waals surface area contributed by atoms with E-state index >= 15 is 0 Å². The number of rotatable bonds is 7. The highest BCUT2D eigenvalue weighted by molar-refractivity contribution is 5.93. The summed E-state index contributed by atoms with van der Waals surface area (Å²) in [6.07, 6.45) is 5.01. The maximum atomic E-state index is 12.9. The molecule has 2 amide bonds. The van der Waals surface area contributed by atoms with Crippen LogP contribution >= 0.6 is 0 Å². The zero-order valence-electron chi connectivity index (χ0n) is 21.8. The molecule has 0 fully saturated rings. The summed E-state index contributed by atoms with van der Waals surface area (Å²) in [7, 11) is 5.46. The summed E-state index contributed by atoms with van der Waals surface area (Å²) >= 11 is 0. The maximum Gasteiger partial charge on any atom is 0.246 e. The fraction of sp³-hybridized carbons (Fsp3) is 0.233. The van der Waals surface area contributed by atoms with Crippen molar-refractivity contribution in [3.05, 3.63) is 95.3 Å². The lowest BCUT2D eigenvalue weighted by Crippen LogP contribution is -2.29. The Bertz CT molecular complexity index is 1510. The van der Waals surface area contributed by atoms with Gasteiger partial charge in [-0.1, -0.05) is 30.3 Å². The number of fused-ring (bicyclic) bond motifs is 2. The molecule has 0 saturated carbocycles. The van der Waals surface area contributed by atoms with Crippen molar-refractivity contribution in [1.82, 2.24) is 19.4 Å². The van der Waals surface area contributed by atoms with Crippen molar-refractivity contribution >= 4 is 34.6 Å². The van der Waals surface area contributed by atoms with Crippen molar-refractivity contribution in [3.8, 4) is 5.75 Å². The Balaban J connectivity index is 1.27. The monoisotopic (exact) mass is 509 g/mol. The van der Waals surface area contributed by atoms with E-state index in [4.69, 9.17) is 4.74 Å². The molecule has 5 rings (SSSR count). The van der Waals surface area contributed by atoms with Crippen LogP contribution in [0.5, 0.6) is 5.75 Å². The summed E-state index contributed by atoms with van der Waals surface area (Å²) in [6.45, 7) is 1.95. The molecule has 8 heteroatoms. The summed E-state index contributed by atoms with van der Waals surface area (Å²) in [6, 6.07) is 20.1. The molecule has 0 spiro atoms. The van der Waals surface area contributed by atoms with E-state index in [9.17, 15) is 9.59 Å². The van der Waals surface area contributed by atoms with Gasteiger partial charge in [0.05, 0.1) is 20.2 Å². The van der Waals surface area contributed by atoms with Crippen molar-refractivity contribution in [3.63, 3.8) is 0 Å². The van der Waals surface area contributed by atoms with Crippen molar-refractivity contribution in [2.45, 2.75) is 19.6 Å². The highest BCUT2D eigenvalue weighted by Gasteiger charge is 2.20. The molecular formula is C30H31N5O3. The van der Waals surface area contributed by atoms with E-state index in [0.717, 1.165) is 39.0 Å². The van der Waals surface area contributed by atoms with Crippen LogP contribution in [0.15, 0.2) is 72.9 Å². The zero-order valence-corrected chi connectivity index (χ0v) is 21.8. The van der Waals surface area contributed by atoms with E-state index < -0.39 is 0 Å². The molecule has 0 aliphatic carbocycles. The van der Waals surface area contributed by atoms with Gasteiger partial charge < -0.3 is 19.5 Å². The molecule has 1 aliphatic heterocycles. The molecule has 0 saturated heterocycles. The number of hydrogen-bond donors (Lipinski definition) is 1. The highest BCUT2D eigenvalue weighted by Crippen LogP contribution is 2.23. The minimum atomic E-state index is -0.0989. The molecule has 0 unspecified atom stereocenters. The van der Waals surface area contributed by atoms with E-state index in [2.05, 4.69) is 38.0 Å². The quantitative estimate of drug-likeness (QED) is 0.378. The third kappa shape index (κ3) is 5.60. The molecule has 8 nitrogen and oxygen atoms in total. The molecule has 1 N–H and O–H groups in total. The molecule has 4 aromatic rings. The van der Waals surface area contributed by atoms with Crippen LogP contribution in [0, 0.1) is 0 Å². The second-order valence-corrected chi connectivity index (χ2v) is 9.60. The second kappa shape index (κ2) is 10.9. The van der Waals surface area contributed by atoms with Crippen molar-refractivity contribution in [1.29, 1.82) is 0 Å². The van der Waals surface area contributed by atoms with Gasteiger partial charge in [-0.05, 0) is 52.9 Å². The Kier molecular flexibility index (Phi) is 7.24. The number of benzene rings is 2. The fourth-order valence-electron chi connectivity index (χ4n) is 4.74. The predicted molar refractivity (Wildman–Crippen MR) is 148 cm³/mol. The SMILES string of the molecule is COc1ccc(CN2CC(=O)Nc3ncc(C=CC(=O)N(C)Cc4cc5ccccc5n4C)cc3C2)cc1.